The minimum atomic E-state index is -1.15. The zero-order valence-electron chi connectivity index (χ0n) is 12.2. The summed E-state index contributed by atoms with van der Waals surface area (Å²) in [6.07, 6.45) is -1.13. The summed E-state index contributed by atoms with van der Waals surface area (Å²) in [5, 5.41) is 30.9. The van der Waals surface area contributed by atoms with Crippen molar-refractivity contribution in [1.82, 2.24) is 0 Å². The first-order chi connectivity index (χ1) is 9.98. The number of hydrogen-bond acceptors (Lipinski definition) is 3. The van der Waals surface area contributed by atoms with E-state index in [9.17, 15) is 15.3 Å². The predicted octanol–water partition coefficient (Wildman–Crippen LogP) is 2.98. The highest BCUT2D eigenvalue weighted by Crippen LogP contribution is 2.31. The molecule has 21 heavy (non-hydrogen) atoms. The Labute approximate surface area is 125 Å². The van der Waals surface area contributed by atoms with E-state index in [1.807, 2.05) is 60.7 Å². The third-order valence-corrected chi connectivity index (χ3v) is 3.63. The quantitative estimate of drug-likeness (QED) is 0.765. The van der Waals surface area contributed by atoms with Gasteiger partial charge in [-0.2, -0.15) is 0 Å². The lowest BCUT2D eigenvalue weighted by Gasteiger charge is -2.28. The first-order valence-electron chi connectivity index (χ1n) is 7.16. The highest BCUT2D eigenvalue weighted by Gasteiger charge is 2.28. The highest BCUT2D eigenvalue weighted by molar-refractivity contribution is 5.19. The van der Waals surface area contributed by atoms with E-state index in [2.05, 4.69) is 0 Å². The predicted molar refractivity (Wildman–Crippen MR) is 82.7 cm³/mol. The van der Waals surface area contributed by atoms with Crippen LogP contribution in [-0.2, 0) is 0 Å². The van der Waals surface area contributed by atoms with E-state index in [0.29, 0.717) is 0 Å². The Bertz CT molecular complexity index is 487. The lowest BCUT2D eigenvalue weighted by Crippen LogP contribution is -2.29. The van der Waals surface area contributed by atoms with Crippen molar-refractivity contribution in [2.45, 2.75) is 37.6 Å². The fourth-order valence-corrected chi connectivity index (χ4v) is 2.50. The van der Waals surface area contributed by atoms with Crippen LogP contribution in [0.1, 0.15) is 43.1 Å². The van der Waals surface area contributed by atoms with Gasteiger partial charge in [-0.15, -0.1) is 0 Å². The van der Waals surface area contributed by atoms with Gasteiger partial charge in [-0.05, 0) is 18.1 Å². The molecule has 0 aliphatic carbocycles. The van der Waals surface area contributed by atoms with Crippen LogP contribution < -0.4 is 0 Å². The molecule has 0 aliphatic rings. The van der Waals surface area contributed by atoms with Crippen LogP contribution in [0.25, 0.3) is 0 Å². The summed E-state index contributed by atoms with van der Waals surface area (Å²) in [5.74, 6) is 0. The Morgan fingerprint density at radius 1 is 0.762 bits per heavy atom. The molecule has 3 heteroatoms. The molecule has 0 saturated heterocycles. The number of rotatable bonds is 6. The van der Waals surface area contributed by atoms with E-state index >= 15 is 0 Å². The van der Waals surface area contributed by atoms with Crippen molar-refractivity contribution in [2.24, 2.45) is 0 Å². The largest absolute Gasteiger partial charge is 0.390 e. The SMILES string of the molecule is CC(O)(C[C@@H](O)c1ccccc1)C[C@H](O)c1ccccc1. The van der Waals surface area contributed by atoms with Crippen LogP contribution >= 0.6 is 0 Å². The molecule has 3 atom stereocenters. The highest BCUT2D eigenvalue weighted by atomic mass is 16.3. The van der Waals surface area contributed by atoms with Crippen molar-refractivity contribution in [2.75, 3.05) is 0 Å². The minimum absolute atomic E-state index is 0.181. The summed E-state index contributed by atoms with van der Waals surface area (Å²) in [7, 11) is 0. The molecule has 3 N–H and O–H groups in total. The molecule has 2 aromatic carbocycles. The number of benzene rings is 2. The Morgan fingerprint density at radius 2 is 1.10 bits per heavy atom. The summed E-state index contributed by atoms with van der Waals surface area (Å²) < 4.78 is 0. The normalized spacial score (nSPS) is 17.0. The molecule has 2 rings (SSSR count). The van der Waals surface area contributed by atoms with Crippen molar-refractivity contribution in [3.63, 3.8) is 0 Å². The summed E-state index contributed by atoms with van der Waals surface area (Å²) in [5.41, 5.74) is 0.392. The Kier molecular flexibility index (Phi) is 5.12. The maximum absolute atomic E-state index is 10.5. The Hall–Kier alpha value is -1.68. The van der Waals surface area contributed by atoms with Crippen molar-refractivity contribution in [3.05, 3.63) is 71.8 Å². The molecule has 0 radical (unpaired) electrons. The molecular weight excluding hydrogens is 264 g/mol. The number of aliphatic hydroxyl groups excluding tert-OH is 2. The lowest BCUT2D eigenvalue weighted by atomic mass is 9.87. The van der Waals surface area contributed by atoms with E-state index in [4.69, 9.17) is 0 Å². The molecule has 1 unspecified atom stereocenters. The third-order valence-electron chi connectivity index (χ3n) is 3.63. The molecule has 112 valence electrons. The van der Waals surface area contributed by atoms with Crippen LogP contribution in [0.4, 0.5) is 0 Å². The minimum Gasteiger partial charge on any atom is -0.390 e. The van der Waals surface area contributed by atoms with Gasteiger partial charge in [0.1, 0.15) is 0 Å². The second-order valence-electron chi connectivity index (χ2n) is 5.76. The summed E-state index contributed by atoms with van der Waals surface area (Å²) in [6, 6.07) is 18.5. The average molecular weight is 286 g/mol. The zero-order valence-corrected chi connectivity index (χ0v) is 12.2. The first-order valence-corrected chi connectivity index (χ1v) is 7.16. The smallest absolute Gasteiger partial charge is 0.0817 e. The van der Waals surface area contributed by atoms with Gasteiger partial charge in [0.15, 0.2) is 0 Å². The van der Waals surface area contributed by atoms with Crippen molar-refractivity contribution < 1.29 is 15.3 Å². The van der Waals surface area contributed by atoms with Gasteiger partial charge in [-0.3, -0.25) is 0 Å². The van der Waals surface area contributed by atoms with Crippen LogP contribution in [0.15, 0.2) is 60.7 Å². The maximum atomic E-state index is 10.5. The molecule has 0 fully saturated rings. The zero-order chi connectivity index (χ0) is 15.3. The molecule has 0 spiro atoms. The third kappa shape index (κ3) is 4.67. The lowest BCUT2D eigenvalue weighted by molar-refractivity contribution is -0.0334. The number of aliphatic hydroxyl groups is 3. The molecule has 3 nitrogen and oxygen atoms in total. The van der Waals surface area contributed by atoms with E-state index in [0.717, 1.165) is 11.1 Å². The van der Waals surface area contributed by atoms with Gasteiger partial charge in [0, 0.05) is 12.8 Å². The van der Waals surface area contributed by atoms with Crippen molar-refractivity contribution in [1.29, 1.82) is 0 Å². The maximum Gasteiger partial charge on any atom is 0.0817 e. The van der Waals surface area contributed by atoms with Crippen LogP contribution in [0, 0.1) is 0 Å². The van der Waals surface area contributed by atoms with Crippen LogP contribution in [0.3, 0.4) is 0 Å². The molecule has 0 saturated carbocycles. The molecule has 0 amide bonds. The Morgan fingerprint density at radius 3 is 1.43 bits per heavy atom. The summed E-state index contributed by atoms with van der Waals surface area (Å²) in [6.45, 7) is 1.64. The van der Waals surface area contributed by atoms with E-state index in [1.165, 1.54) is 0 Å². The van der Waals surface area contributed by atoms with Gasteiger partial charge in [0.05, 0.1) is 17.8 Å². The molecule has 0 heterocycles. The van der Waals surface area contributed by atoms with Gasteiger partial charge in [-0.25, -0.2) is 0 Å². The fraction of sp³-hybridized carbons (Fsp3) is 0.333. The van der Waals surface area contributed by atoms with Crippen molar-refractivity contribution in [3.8, 4) is 0 Å². The fourth-order valence-electron chi connectivity index (χ4n) is 2.50. The van der Waals surface area contributed by atoms with Gasteiger partial charge < -0.3 is 15.3 Å². The van der Waals surface area contributed by atoms with E-state index < -0.39 is 17.8 Å². The van der Waals surface area contributed by atoms with E-state index in [-0.39, 0.29) is 12.8 Å². The van der Waals surface area contributed by atoms with Gasteiger partial charge in [0.2, 0.25) is 0 Å². The number of hydrogen-bond donors (Lipinski definition) is 3. The monoisotopic (exact) mass is 286 g/mol. The first kappa shape index (κ1) is 15.7. The summed E-state index contributed by atoms with van der Waals surface area (Å²) >= 11 is 0. The second kappa shape index (κ2) is 6.85. The van der Waals surface area contributed by atoms with Gasteiger partial charge in [-0.1, -0.05) is 60.7 Å². The molecule has 2 aromatic rings. The Balaban J connectivity index is 1.98. The van der Waals surface area contributed by atoms with Crippen molar-refractivity contribution >= 4 is 0 Å². The molecule has 0 bridgehead atoms. The van der Waals surface area contributed by atoms with Crippen LogP contribution in [-0.4, -0.2) is 20.9 Å². The van der Waals surface area contributed by atoms with Gasteiger partial charge >= 0.3 is 0 Å². The molecule has 0 aliphatic heterocycles. The average Bonchev–Trinajstić information content (AvgIpc) is 2.48. The summed E-state index contributed by atoms with van der Waals surface area (Å²) in [4.78, 5) is 0. The van der Waals surface area contributed by atoms with Crippen LogP contribution in [0.2, 0.25) is 0 Å². The second-order valence-corrected chi connectivity index (χ2v) is 5.76. The van der Waals surface area contributed by atoms with E-state index in [1.54, 1.807) is 6.92 Å². The standard InChI is InChI=1S/C18H22O3/c1-18(21,12-16(19)14-8-4-2-5-9-14)13-17(20)15-10-6-3-7-11-15/h2-11,16-17,19-21H,12-13H2,1H3/t16-,17+,18?. The molecule has 0 aromatic heterocycles. The molecular formula is C18H22O3. The topological polar surface area (TPSA) is 60.7 Å². The van der Waals surface area contributed by atoms with Crippen LogP contribution in [0.5, 0.6) is 0 Å². The van der Waals surface area contributed by atoms with Gasteiger partial charge in [0.25, 0.3) is 0 Å².